The summed E-state index contributed by atoms with van der Waals surface area (Å²) in [6, 6.07) is 0. The summed E-state index contributed by atoms with van der Waals surface area (Å²) in [6.07, 6.45) is 2.42. The molecule has 0 amide bonds. The van der Waals surface area contributed by atoms with E-state index in [0.29, 0.717) is 0 Å². The summed E-state index contributed by atoms with van der Waals surface area (Å²) in [5.41, 5.74) is 0.0303. The fourth-order valence-electron chi connectivity index (χ4n) is 1.48. The van der Waals surface area contributed by atoms with E-state index in [2.05, 4.69) is 25.7 Å². The Labute approximate surface area is 75.6 Å². The largest absolute Gasteiger partial charge is 0.391 e. The topological polar surface area (TPSA) is 23.5 Å². The maximum absolute atomic E-state index is 9.80. The van der Waals surface area contributed by atoms with Crippen molar-refractivity contribution in [2.45, 2.75) is 39.7 Å². The van der Waals surface area contributed by atoms with Gasteiger partial charge in [0.1, 0.15) is 0 Å². The number of aliphatic hydroxyl groups excluding tert-OH is 1. The van der Waals surface area contributed by atoms with Gasteiger partial charge < -0.3 is 10.0 Å². The van der Waals surface area contributed by atoms with Crippen LogP contribution in [0.2, 0.25) is 0 Å². The second kappa shape index (κ2) is 3.75. The van der Waals surface area contributed by atoms with Gasteiger partial charge in [-0.25, -0.2) is 0 Å². The molecule has 0 saturated carbocycles. The number of hydrogen-bond acceptors (Lipinski definition) is 2. The molecule has 1 rings (SSSR count). The minimum atomic E-state index is -0.185. The number of nitrogens with zero attached hydrogens (tertiary/aromatic N) is 1. The van der Waals surface area contributed by atoms with Crippen LogP contribution < -0.4 is 0 Å². The highest BCUT2D eigenvalue weighted by molar-refractivity contribution is 4.78. The van der Waals surface area contributed by atoms with Crippen molar-refractivity contribution in [2.24, 2.45) is 5.41 Å². The van der Waals surface area contributed by atoms with E-state index in [-0.39, 0.29) is 11.5 Å². The van der Waals surface area contributed by atoms with Gasteiger partial charge in [0.15, 0.2) is 0 Å². The van der Waals surface area contributed by atoms with Crippen molar-refractivity contribution in [3.63, 3.8) is 0 Å². The lowest BCUT2D eigenvalue weighted by Gasteiger charge is -2.29. The normalized spacial score (nSPS) is 23.0. The first-order valence-electron chi connectivity index (χ1n) is 4.90. The third kappa shape index (κ3) is 2.76. The first kappa shape index (κ1) is 10.0. The molecule has 0 aromatic carbocycles. The molecular weight excluding hydrogens is 150 g/mol. The third-order valence-corrected chi connectivity index (χ3v) is 2.63. The molecule has 1 atom stereocenters. The molecule has 1 heterocycles. The molecule has 0 unspecified atom stereocenters. The van der Waals surface area contributed by atoms with Crippen molar-refractivity contribution in [2.75, 3.05) is 19.6 Å². The van der Waals surface area contributed by atoms with Crippen LogP contribution in [-0.2, 0) is 0 Å². The molecule has 72 valence electrons. The number of aliphatic hydroxyl groups is 1. The molecule has 1 N–H and O–H groups in total. The highest BCUT2D eigenvalue weighted by Crippen LogP contribution is 2.21. The average Bonchev–Trinajstić information content (AvgIpc) is 2.37. The standard InChI is InChI=1S/C10H21NO/c1-10(2,3)9(12)8-11-6-4-5-7-11/h9,12H,4-8H2,1-3H3/t9-/m1/s1. The summed E-state index contributed by atoms with van der Waals surface area (Å²) < 4.78 is 0. The van der Waals surface area contributed by atoms with Crippen LogP contribution in [0.4, 0.5) is 0 Å². The molecule has 0 aromatic heterocycles. The highest BCUT2D eigenvalue weighted by atomic mass is 16.3. The Bertz CT molecular complexity index is 133. The zero-order valence-electron chi connectivity index (χ0n) is 8.51. The van der Waals surface area contributed by atoms with Crippen LogP contribution in [0.15, 0.2) is 0 Å². The molecule has 0 bridgehead atoms. The van der Waals surface area contributed by atoms with Crippen LogP contribution in [0.25, 0.3) is 0 Å². The second-order valence-electron chi connectivity index (χ2n) is 4.89. The molecule has 1 fully saturated rings. The third-order valence-electron chi connectivity index (χ3n) is 2.63. The van der Waals surface area contributed by atoms with E-state index in [4.69, 9.17) is 0 Å². The van der Waals surface area contributed by atoms with Crippen molar-refractivity contribution >= 4 is 0 Å². The fourth-order valence-corrected chi connectivity index (χ4v) is 1.48. The monoisotopic (exact) mass is 171 g/mol. The first-order chi connectivity index (χ1) is 5.50. The zero-order valence-corrected chi connectivity index (χ0v) is 8.51. The van der Waals surface area contributed by atoms with E-state index in [9.17, 15) is 5.11 Å². The van der Waals surface area contributed by atoms with Crippen molar-refractivity contribution in [3.05, 3.63) is 0 Å². The van der Waals surface area contributed by atoms with Crippen LogP contribution >= 0.6 is 0 Å². The van der Waals surface area contributed by atoms with Gasteiger partial charge in [-0.15, -0.1) is 0 Å². The van der Waals surface area contributed by atoms with Gasteiger partial charge in [0, 0.05) is 6.54 Å². The lowest BCUT2D eigenvalue weighted by molar-refractivity contribution is 0.0345. The van der Waals surface area contributed by atoms with Gasteiger partial charge in [-0.1, -0.05) is 20.8 Å². The molecule has 0 aromatic rings. The van der Waals surface area contributed by atoms with Gasteiger partial charge in [0.05, 0.1) is 6.10 Å². The van der Waals surface area contributed by atoms with Crippen molar-refractivity contribution < 1.29 is 5.11 Å². The fraction of sp³-hybridized carbons (Fsp3) is 1.00. The van der Waals surface area contributed by atoms with Gasteiger partial charge in [-0.3, -0.25) is 0 Å². The summed E-state index contributed by atoms with van der Waals surface area (Å²) in [7, 11) is 0. The Morgan fingerprint density at radius 2 is 1.75 bits per heavy atom. The molecule has 0 aliphatic carbocycles. The van der Waals surface area contributed by atoms with E-state index in [1.165, 1.54) is 25.9 Å². The van der Waals surface area contributed by atoms with Gasteiger partial charge in [-0.05, 0) is 31.3 Å². The van der Waals surface area contributed by atoms with Gasteiger partial charge in [0.2, 0.25) is 0 Å². The number of likely N-dealkylation sites (tertiary alicyclic amines) is 1. The summed E-state index contributed by atoms with van der Waals surface area (Å²) in [6.45, 7) is 9.47. The SMILES string of the molecule is CC(C)(C)[C@H](O)CN1CCCC1. The lowest BCUT2D eigenvalue weighted by Crippen LogP contribution is -2.38. The van der Waals surface area contributed by atoms with Crippen molar-refractivity contribution in [3.8, 4) is 0 Å². The lowest BCUT2D eigenvalue weighted by atomic mass is 9.89. The predicted molar refractivity (Wildman–Crippen MR) is 51.1 cm³/mol. The average molecular weight is 171 g/mol. The molecule has 12 heavy (non-hydrogen) atoms. The van der Waals surface area contributed by atoms with E-state index in [1.54, 1.807) is 0 Å². The van der Waals surface area contributed by atoms with E-state index in [1.807, 2.05) is 0 Å². The Morgan fingerprint density at radius 3 is 2.17 bits per heavy atom. The number of rotatable bonds is 2. The Kier molecular flexibility index (Phi) is 3.13. The molecule has 0 spiro atoms. The molecular formula is C10H21NO. The van der Waals surface area contributed by atoms with E-state index in [0.717, 1.165) is 6.54 Å². The first-order valence-corrected chi connectivity index (χ1v) is 4.90. The van der Waals surface area contributed by atoms with Gasteiger partial charge >= 0.3 is 0 Å². The van der Waals surface area contributed by atoms with Crippen molar-refractivity contribution in [1.82, 2.24) is 4.90 Å². The smallest absolute Gasteiger partial charge is 0.0715 e. The van der Waals surface area contributed by atoms with E-state index < -0.39 is 0 Å². The molecule has 1 aliphatic rings. The molecule has 0 radical (unpaired) electrons. The van der Waals surface area contributed by atoms with Crippen LogP contribution in [0.5, 0.6) is 0 Å². The molecule has 1 saturated heterocycles. The molecule has 2 heteroatoms. The van der Waals surface area contributed by atoms with E-state index >= 15 is 0 Å². The quantitative estimate of drug-likeness (QED) is 0.680. The summed E-state index contributed by atoms with van der Waals surface area (Å²) >= 11 is 0. The number of β-amino-alcohol motifs (C(OH)–C–C–N with tert-alkyl or cyclic N) is 1. The zero-order chi connectivity index (χ0) is 9.19. The molecule has 1 aliphatic heterocycles. The van der Waals surface area contributed by atoms with Crippen LogP contribution in [0, 0.1) is 5.41 Å². The summed E-state index contributed by atoms with van der Waals surface area (Å²) in [4.78, 5) is 2.36. The summed E-state index contributed by atoms with van der Waals surface area (Å²) in [5.74, 6) is 0. The minimum absolute atomic E-state index is 0.0303. The highest BCUT2D eigenvalue weighted by Gasteiger charge is 2.25. The van der Waals surface area contributed by atoms with Crippen LogP contribution in [0.3, 0.4) is 0 Å². The van der Waals surface area contributed by atoms with Crippen LogP contribution in [-0.4, -0.2) is 35.7 Å². The second-order valence-corrected chi connectivity index (χ2v) is 4.89. The maximum Gasteiger partial charge on any atom is 0.0715 e. The Hall–Kier alpha value is -0.0800. The maximum atomic E-state index is 9.80. The van der Waals surface area contributed by atoms with Gasteiger partial charge in [-0.2, -0.15) is 0 Å². The predicted octanol–water partition coefficient (Wildman–Crippen LogP) is 1.49. The Balaban J connectivity index is 2.30. The molecule has 2 nitrogen and oxygen atoms in total. The van der Waals surface area contributed by atoms with Crippen molar-refractivity contribution in [1.29, 1.82) is 0 Å². The Morgan fingerprint density at radius 1 is 1.25 bits per heavy atom. The minimum Gasteiger partial charge on any atom is -0.391 e. The summed E-state index contributed by atoms with van der Waals surface area (Å²) in [5, 5.41) is 9.80. The van der Waals surface area contributed by atoms with Crippen LogP contribution in [0.1, 0.15) is 33.6 Å². The van der Waals surface area contributed by atoms with Gasteiger partial charge in [0.25, 0.3) is 0 Å². The number of hydrogen-bond donors (Lipinski definition) is 1.